The van der Waals surface area contributed by atoms with Gasteiger partial charge in [-0.15, -0.1) is 0 Å². The van der Waals surface area contributed by atoms with Gasteiger partial charge in [-0.2, -0.15) is 0 Å². The third-order valence-electron chi connectivity index (χ3n) is 4.01. The van der Waals surface area contributed by atoms with Crippen LogP contribution in [-0.2, 0) is 19.7 Å². The van der Waals surface area contributed by atoms with E-state index in [-0.39, 0.29) is 6.61 Å². The summed E-state index contributed by atoms with van der Waals surface area (Å²) in [5.41, 5.74) is 3.85. The van der Waals surface area contributed by atoms with Crippen molar-refractivity contribution in [3.63, 3.8) is 0 Å². The predicted molar refractivity (Wildman–Crippen MR) is 105 cm³/mol. The molecule has 1 N–H and O–H groups in total. The van der Waals surface area contributed by atoms with Crippen LogP contribution in [0.25, 0.3) is 0 Å². The monoisotopic (exact) mass is 371 g/mol. The van der Waals surface area contributed by atoms with Crippen molar-refractivity contribution in [1.29, 1.82) is 0 Å². The van der Waals surface area contributed by atoms with E-state index in [1.165, 1.54) is 11.1 Å². The molecule has 0 amide bonds. The molecule has 128 valence electrons. The Balaban J connectivity index is 1.98. The maximum atomic E-state index is 9.36. The lowest BCUT2D eigenvalue weighted by Gasteiger charge is -2.27. The van der Waals surface area contributed by atoms with Crippen LogP contribution in [0.4, 0.5) is 5.69 Å². The Morgan fingerprint density at radius 3 is 1.52 bits per heavy atom. The Morgan fingerprint density at radius 1 is 0.680 bits per heavy atom. The van der Waals surface area contributed by atoms with Crippen LogP contribution < -0.4 is 4.90 Å². The van der Waals surface area contributed by atoms with Crippen LogP contribution in [-0.4, -0.2) is 5.11 Å². The van der Waals surface area contributed by atoms with E-state index >= 15 is 0 Å². The molecule has 0 aliphatic heterocycles. The van der Waals surface area contributed by atoms with Crippen molar-refractivity contribution in [3.05, 3.63) is 99.5 Å². The smallest absolute Gasteiger partial charge is 0.0751 e. The fourth-order valence-corrected chi connectivity index (χ4v) is 3.60. The van der Waals surface area contributed by atoms with Gasteiger partial charge in [0.1, 0.15) is 0 Å². The number of hydrogen-bond acceptors (Lipinski definition) is 2. The zero-order valence-corrected chi connectivity index (χ0v) is 15.2. The van der Waals surface area contributed by atoms with Gasteiger partial charge in [0, 0.05) is 13.1 Å². The molecule has 0 heterocycles. The van der Waals surface area contributed by atoms with E-state index in [1.807, 2.05) is 36.4 Å². The molecule has 25 heavy (non-hydrogen) atoms. The van der Waals surface area contributed by atoms with Crippen LogP contribution in [0.5, 0.6) is 0 Å². The summed E-state index contributed by atoms with van der Waals surface area (Å²) in [7, 11) is 0. The Bertz CT molecular complexity index is 757. The summed E-state index contributed by atoms with van der Waals surface area (Å²) in [5.74, 6) is 0. The predicted octanol–water partition coefficient (Wildman–Crippen LogP) is 5.69. The average molecular weight is 372 g/mol. The van der Waals surface area contributed by atoms with Crippen molar-refractivity contribution in [2.75, 3.05) is 4.90 Å². The average Bonchev–Trinajstić information content (AvgIpc) is 2.62. The van der Waals surface area contributed by atoms with E-state index < -0.39 is 0 Å². The second kappa shape index (κ2) is 8.39. The van der Waals surface area contributed by atoms with Crippen molar-refractivity contribution >= 4 is 28.9 Å². The van der Waals surface area contributed by atoms with Crippen LogP contribution in [0.15, 0.2) is 72.8 Å². The zero-order valence-electron chi connectivity index (χ0n) is 13.7. The summed E-state index contributed by atoms with van der Waals surface area (Å²) in [6.07, 6.45) is 0. The van der Waals surface area contributed by atoms with Crippen LogP contribution in [0.1, 0.15) is 16.7 Å². The SMILES string of the molecule is OCc1cc(Cl)c(N(Cc2ccccc2)Cc2ccccc2)c(Cl)c1. The number of aliphatic hydroxyl groups is 1. The van der Waals surface area contributed by atoms with Gasteiger partial charge in [0.2, 0.25) is 0 Å². The summed E-state index contributed by atoms with van der Waals surface area (Å²) in [6, 6.07) is 24.0. The standard InChI is InChI=1S/C21H19Cl2NO/c22-19-11-18(15-25)12-20(23)21(19)24(13-16-7-3-1-4-8-16)14-17-9-5-2-6-10-17/h1-12,25H,13-15H2. The van der Waals surface area contributed by atoms with Gasteiger partial charge >= 0.3 is 0 Å². The van der Waals surface area contributed by atoms with Gasteiger partial charge < -0.3 is 10.0 Å². The first-order chi connectivity index (χ1) is 12.2. The number of rotatable bonds is 6. The van der Waals surface area contributed by atoms with E-state index in [2.05, 4.69) is 29.2 Å². The van der Waals surface area contributed by atoms with Crippen molar-refractivity contribution in [2.45, 2.75) is 19.7 Å². The molecule has 4 heteroatoms. The molecule has 0 aliphatic rings. The maximum absolute atomic E-state index is 9.36. The van der Waals surface area contributed by atoms with E-state index in [0.717, 1.165) is 5.69 Å². The molecule has 0 saturated carbocycles. The largest absolute Gasteiger partial charge is 0.392 e. The second-order valence-electron chi connectivity index (χ2n) is 5.89. The molecular formula is C21H19Cl2NO. The lowest BCUT2D eigenvalue weighted by molar-refractivity contribution is 0.282. The normalized spacial score (nSPS) is 10.7. The number of hydrogen-bond donors (Lipinski definition) is 1. The maximum Gasteiger partial charge on any atom is 0.0751 e. The fourth-order valence-electron chi connectivity index (χ4n) is 2.83. The van der Waals surface area contributed by atoms with Crippen molar-refractivity contribution in [3.8, 4) is 0 Å². The molecule has 3 aromatic rings. The molecule has 0 spiro atoms. The van der Waals surface area contributed by atoms with E-state index in [1.54, 1.807) is 12.1 Å². The Kier molecular flexibility index (Phi) is 5.98. The number of benzene rings is 3. The van der Waals surface area contributed by atoms with Crippen molar-refractivity contribution in [2.24, 2.45) is 0 Å². The summed E-state index contributed by atoms with van der Waals surface area (Å²) in [5, 5.41) is 10.4. The molecule has 0 unspecified atom stereocenters. The third-order valence-corrected chi connectivity index (χ3v) is 4.58. The van der Waals surface area contributed by atoms with E-state index in [4.69, 9.17) is 23.2 Å². The summed E-state index contributed by atoms with van der Waals surface area (Å²) >= 11 is 13.0. The minimum Gasteiger partial charge on any atom is -0.392 e. The molecule has 0 fully saturated rings. The van der Waals surface area contributed by atoms with Crippen LogP contribution in [0.3, 0.4) is 0 Å². The molecule has 0 aromatic heterocycles. The van der Waals surface area contributed by atoms with Gasteiger partial charge in [0.25, 0.3) is 0 Å². The highest BCUT2D eigenvalue weighted by Crippen LogP contribution is 2.37. The molecule has 3 rings (SSSR count). The zero-order chi connectivity index (χ0) is 17.6. The first-order valence-electron chi connectivity index (χ1n) is 8.09. The quantitative estimate of drug-likeness (QED) is 0.601. The molecule has 3 aromatic carbocycles. The van der Waals surface area contributed by atoms with Gasteiger partial charge in [-0.25, -0.2) is 0 Å². The van der Waals surface area contributed by atoms with Gasteiger partial charge in [0.15, 0.2) is 0 Å². The fraction of sp³-hybridized carbons (Fsp3) is 0.143. The highest BCUT2D eigenvalue weighted by Gasteiger charge is 2.17. The van der Waals surface area contributed by atoms with E-state index in [9.17, 15) is 5.11 Å². The summed E-state index contributed by atoms with van der Waals surface area (Å²) < 4.78 is 0. The minimum atomic E-state index is -0.0862. The van der Waals surface area contributed by atoms with Crippen molar-refractivity contribution in [1.82, 2.24) is 0 Å². The Morgan fingerprint density at radius 2 is 1.12 bits per heavy atom. The topological polar surface area (TPSA) is 23.5 Å². The highest BCUT2D eigenvalue weighted by atomic mass is 35.5. The number of halogens is 2. The van der Waals surface area contributed by atoms with Gasteiger partial charge in [-0.3, -0.25) is 0 Å². The summed E-state index contributed by atoms with van der Waals surface area (Å²) in [4.78, 5) is 2.16. The lowest BCUT2D eigenvalue weighted by atomic mass is 10.1. The number of aliphatic hydroxyl groups excluding tert-OH is 1. The van der Waals surface area contributed by atoms with Crippen LogP contribution >= 0.6 is 23.2 Å². The molecule has 0 radical (unpaired) electrons. The third kappa shape index (κ3) is 4.55. The van der Waals surface area contributed by atoms with Crippen LogP contribution in [0.2, 0.25) is 10.0 Å². The molecule has 0 aliphatic carbocycles. The number of anilines is 1. The Hall–Kier alpha value is -2.00. The van der Waals surface area contributed by atoms with E-state index in [0.29, 0.717) is 28.7 Å². The highest BCUT2D eigenvalue weighted by molar-refractivity contribution is 6.39. The van der Waals surface area contributed by atoms with Gasteiger partial charge in [-0.1, -0.05) is 83.9 Å². The molecule has 2 nitrogen and oxygen atoms in total. The lowest BCUT2D eigenvalue weighted by Crippen LogP contribution is -2.23. The van der Waals surface area contributed by atoms with Gasteiger partial charge in [-0.05, 0) is 28.8 Å². The first kappa shape index (κ1) is 17.8. The minimum absolute atomic E-state index is 0.0862. The van der Waals surface area contributed by atoms with Gasteiger partial charge in [0.05, 0.1) is 22.3 Å². The van der Waals surface area contributed by atoms with Crippen LogP contribution in [0, 0.1) is 0 Å². The second-order valence-corrected chi connectivity index (χ2v) is 6.71. The molecular weight excluding hydrogens is 353 g/mol. The number of nitrogens with zero attached hydrogens (tertiary/aromatic N) is 1. The molecule has 0 saturated heterocycles. The summed E-state index contributed by atoms with van der Waals surface area (Å²) in [6.45, 7) is 1.29. The van der Waals surface area contributed by atoms with Crippen molar-refractivity contribution < 1.29 is 5.11 Å². The Labute approximate surface area is 158 Å². The first-order valence-corrected chi connectivity index (χ1v) is 8.84. The molecule has 0 bridgehead atoms. The molecule has 0 atom stereocenters.